The molecule has 3 rings (SSSR count). The average molecular weight is 397 g/mol. The Balaban J connectivity index is 1.55. The minimum absolute atomic E-state index is 0.559. The molecular weight excluding hydrogens is 368 g/mol. The molecule has 1 heterocycles. The van der Waals surface area contributed by atoms with Crippen molar-refractivity contribution in [3.05, 3.63) is 58.7 Å². The highest BCUT2D eigenvalue weighted by Crippen LogP contribution is 2.21. The number of hydrogen-bond acceptors (Lipinski definition) is 4. The molecule has 2 aromatic rings. The molecule has 2 aromatic carbocycles. The van der Waals surface area contributed by atoms with Gasteiger partial charge in [-0.25, -0.2) is 0 Å². The van der Waals surface area contributed by atoms with Crippen LogP contribution in [0.5, 0.6) is 0 Å². The van der Waals surface area contributed by atoms with Crippen molar-refractivity contribution in [1.82, 2.24) is 9.80 Å². The van der Waals surface area contributed by atoms with Crippen LogP contribution in [-0.2, 0) is 11.2 Å². The number of hydrogen-bond donors (Lipinski definition) is 3. The van der Waals surface area contributed by atoms with Crippen LogP contribution >= 0.6 is 12.6 Å². The van der Waals surface area contributed by atoms with Crippen molar-refractivity contribution in [1.29, 1.82) is 5.41 Å². The molecule has 1 aliphatic heterocycles. The van der Waals surface area contributed by atoms with Crippen LogP contribution in [0.15, 0.2) is 41.3 Å². The number of benzene rings is 2. The lowest BCUT2D eigenvalue weighted by Crippen LogP contribution is -2.49. The number of nitrogens with one attached hydrogen (secondary N) is 2. The Hall–Kier alpha value is -2.31. The van der Waals surface area contributed by atoms with Gasteiger partial charge in [-0.15, -0.1) is 12.6 Å². The van der Waals surface area contributed by atoms with Gasteiger partial charge in [-0.3, -0.25) is 15.1 Å². The second kappa shape index (κ2) is 9.26. The van der Waals surface area contributed by atoms with Gasteiger partial charge in [0, 0.05) is 48.9 Å². The summed E-state index contributed by atoms with van der Waals surface area (Å²) in [5.41, 5.74) is 5.41. The fraction of sp³-hybridized carbons (Fsp3) is 0.364. The third-order valence-corrected chi connectivity index (χ3v) is 5.83. The van der Waals surface area contributed by atoms with Gasteiger partial charge in [-0.1, -0.05) is 24.3 Å². The number of rotatable bonds is 6. The van der Waals surface area contributed by atoms with Crippen LogP contribution in [0, 0.1) is 19.3 Å². The lowest BCUT2D eigenvalue weighted by atomic mass is 10.0. The number of thiol groups is 1. The van der Waals surface area contributed by atoms with Crippen molar-refractivity contribution in [3.8, 4) is 0 Å². The minimum atomic E-state index is 0.559. The van der Waals surface area contributed by atoms with Crippen LogP contribution in [0.2, 0.25) is 0 Å². The molecule has 0 aromatic heterocycles. The van der Waals surface area contributed by atoms with Gasteiger partial charge < -0.3 is 10.2 Å². The second-order valence-electron chi connectivity index (χ2n) is 7.30. The molecule has 28 heavy (non-hydrogen) atoms. The molecule has 0 radical (unpaired) electrons. The Bertz CT molecular complexity index is 860. The molecule has 1 aliphatic rings. The smallest absolute Gasteiger partial charge is 0.211 e. The monoisotopic (exact) mass is 396 g/mol. The molecule has 0 aliphatic carbocycles. The normalized spacial score (nSPS) is 14.8. The van der Waals surface area contributed by atoms with E-state index in [1.54, 1.807) is 0 Å². The van der Waals surface area contributed by atoms with E-state index in [9.17, 15) is 4.79 Å². The van der Waals surface area contributed by atoms with Gasteiger partial charge in [0.1, 0.15) is 5.84 Å². The maximum atomic E-state index is 10.8. The largest absolute Gasteiger partial charge is 0.354 e. The van der Waals surface area contributed by atoms with Gasteiger partial charge in [0.15, 0.2) is 0 Å². The predicted octanol–water partition coefficient (Wildman–Crippen LogP) is 3.35. The van der Waals surface area contributed by atoms with Gasteiger partial charge in [0.25, 0.3) is 0 Å². The minimum Gasteiger partial charge on any atom is -0.354 e. The van der Waals surface area contributed by atoms with Crippen LogP contribution in [0.4, 0.5) is 5.69 Å². The SMILES string of the molecule is Cc1cc(C)c(NC=O)cc1CCN1CCN(C(=N)c2ccccc2S)CC1. The van der Waals surface area contributed by atoms with Crippen molar-refractivity contribution in [2.75, 3.05) is 38.0 Å². The maximum Gasteiger partial charge on any atom is 0.211 e. The second-order valence-corrected chi connectivity index (χ2v) is 7.78. The van der Waals surface area contributed by atoms with E-state index in [1.807, 2.05) is 31.2 Å². The zero-order valence-electron chi connectivity index (χ0n) is 16.5. The Labute approximate surface area is 172 Å². The molecule has 1 saturated heterocycles. The van der Waals surface area contributed by atoms with E-state index in [2.05, 4.69) is 46.8 Å². The lowest BCUT2D eigenvalue weighted by molar-refractivity contribution is -0.105. The van der Waals surface area contributed by atoms with Crippen molar-refractivity contribution in [2.45, 2.75) is 25.2 Å². The van der Waals surface area contributed by atoms with E-state index in [-0.39, 0.29) is 0 Å². The summed E-state index contributed by atoms with van der Waals surface area (Å²) < 4.78 is 0. The summed E-state index contributed by atoms with van der Waals surface area (Å²) >= 11 is 4.48. The third kappa shape index (κ3) is 4.75. The van der Waals surface area contributed by atoms with E-state index in [0.717, 1.165) is 67.3 Å². The van der Waals surface area contributed by atoms with Crippen LogP contribution in [0.1, 0.15) is 22.3 Å². The van der Waals surface area contributed by atoms with E-state index >= 15 is 0 Å². The third-order valence-electron chi connectivity index (χ3n) is 5.44. The summed E-state index contributed by atoms with van der Waals surface area (Å²) in [5, 5.41) is 11.3. The van der Waals surface area contributed by atoms with Gasteiger partial charge >= 0.3 is 0 Å². The van der Waals surface area contributed by atoms with Crippen LogP contribution in [0.3, 0.4) is 0 Å². The summed E-state index contributed by atoms with van der Waals surface area (Å²) in [5.74, 6) is 0.559. The lowest BCUT2D eigenvalue weighted by Gasteiger charge is -2.36. The van der Waals surface area contributed by atoms with Gasteiger partial charge in [0.2, 0.25) is 6.41 Å². The fourth-order valence-corrected chi connectivity index (χ4v) is 3.97. The van der Waals surface area contributed by atoms with Gasteiger partial charge in [0.05, 0.1) is 0 Å². The molecule has 0 bridgehead atoms. The van der Waals surface area contributed by atoms with E-state index in [4.69, 9.17) is 5.41 Å². The summed E-state index contributed by atoms with van der Waals surface area (Å²) in [7, 11) is 0. The van der Waals surface area contributed by atoms with Gasteiger partial charge in [-0.2, -0.15) is 0 Å². The number of aryl methyl sites for hydroxylation is 2. The Morgan fingerprint density at radius 3 is 2.54 bits per heavy atom. The standard InChI is InChI=1S/C22H28N4OS/c1-16-13-17(2)20(24-15-27)14-18(16)7-8-25-9-11-26(12-10-25)22(23)19-5-3-4-6-21(19)28/h3-6,13-15,23,28H,7-12H2,1-2H3,(H,24,27). The number of amides is 1. The predicted molar refractivity (Wildman–Crippen MR) is 118 cm³/mol. The zero-order chi connectivity index (χ0) is 20.1. The van der Waals surface area contributed by atoms with Crippen molar-refractivity contribution >= 4 is 30.6 Å². The first-order valence-corrected chi connectivity index (χ1v) is 10.1. The first-order valence-electron chi connectivity index (χ1n) is 9.64. The van der Waals surface area contributed by atoms with E-state index in [0.29, 0.717) is 5.84 Å². The average Bonchev–Trinajstić information content (AvgIpc) is 2.69. The highest BCUT2D eigenvalue weighted by Gasteiger charge is 2.20. The number of amidine groups is 1. The summed E-state index contributed by atoms with van der Waals surface area (Å²) in [6, 6.07) is 12.0. The highest BCUT2D eigenvalue weighted by molar-refractivity contribution is 7.80. The zero-order valence-corrected chi connectivity index (χ0v) is 17.4. The molecule has 1 amide bonds. The summed E-state index contributed by atoms with van der Waals surface area (Å²) in [4.78, 5) is 16.2. The summed E-state index contributed by atoms with van der Waals surface area (Å²) in [6.07, 6.45) is 1.69. The first kappa shape index (κ1) is 20.4. The molecule has 0 unspecified atom stereocenters. The first-order chi connectivity index (χ1) is 13.5. The molecule has 0 saturated carbocycles. The van der Waals surface area contributed by atoms with E-state index < -0.39 is 0 Å². The van der Waals surface area contributed by atoms with Crippen LogP contribution in [-0.4, -0.2) is 54.8 Å². The highest BCUT2D eigenvalue weighted by atomic mass is 32.1. The Morgan fingerprint density at radius 2 is 1.86 bits per heavy atom. The molecule has 6 heteroatoms. The maximum absolute atomic E-state index is 10.8. The van der Waals surface area contributed by atoms with Crippen molar-refractivity contribution < 1.29 is 4.79 Å². The Morgan fingerprint density at radius 1 is 1.14 bits per heavy atom. The molecule has 148 valence electrons. The Kier molecular flexibility index (Phi) is 6.75. The molecular formula is C22H28N4OS. The number of anilines is 1. The fourth-order valence-electron chi connectivity index (χ4n) is 3.70. The number of carbonyl (C=O) groups excluding carboxylic acids is 1. The van der Waals surface area contributed by atoms with Crippen molar-refractivity contribution in [2.24, 2.45) is 0 Å². The van der Waals surface area contributed by atoms with Crippen LogP contribution in [0.25, 0.3) is 0 Å². The molecule has 2 N–H and O–H groups in total. The number of piperazine rings is 1. The molecule has 1 fully saturated rings. The van der Waals surface area contributed by atoms with E-state index in [1.165, 1.54) is 11.1 Å². The van der Waals surface area contributed by atoms with Gasteiger partial charge in [-0.05, 0) is 49.1 Å². The number of nitrogens with zero attached hydrogens (tertiary/aromatic N) is 2. The number of carbonyl (C=O) groups is 1. The summed E-state index contributed by atoms with van der Waals surface area (Å²) in [6.45, 7) is 8.72. The van der Waals surface area contributed by atoms with Crippen molar-refractivity contribution in [3.63, 3.8) is 0 Å². The quantitative estimate of drug-likeness (QED) is 0.304. The molecule has 0 atom stereocenters. The molecule has 5 nitrogen and oxygen atoms in total. The van der Waals surface area contributed by atoms with Crippen LogP contribution < -0.4 is 5.32 Å². The molecule has 0 spiro atoms. The topological polar surface area (TPSA) is 59.4 Å².